The molecule has 0 saturated carbocycles. The van der Waals surface area contributed by atoms with Gasteiger partial charge in [0.2, 0.25) is 0 Å². The monoisotopic (exact) mass is 452 g/mol. The van der Waals surface area contributed by atoms with E-state index in [-0.39, 0.29) is 31.9 Å². The first kappa shape index (κ1) is 24.1. The lowest BCUT2D eigenvalue weighted by molar-refractivity contribution is -0.144. The van der Waals surface area contributed by atoms with Gasteiger partial charge in [-0.2, -0.15) is 15.4 Å². The summed E-state index contributed by atoms with van der Waals surface area (Å²) in [5.74, 6) is -2.24. The molecule has 33 heavy (non-hydrogen) atoms. The molecule has 0 saturated heterocycles. The van der Waals surface area contributed by atoms with Gasteiger partial charge in [0.25, 0.3) is 5.91 Å². The van der Waals surface area contributed by atoms with Gasteiger partial charge in [-0.3, -0.25) is 9.59 Å². The summed E-state index contributed by atoms with van der Waals surface area (Å²) in [5.41, 5.74) is 3.27. The van der Waals surface area contributed by atoms with Crippen molar-refractivity contribution < 1.29 is 24.5 Å². The Labute approximate surface area is 191 Å². The van der Waals surface area contributed by atoms with Crippen LogP contribution in [0.4, 0.5) is 0 Å². The topological polar surface area (TPSA) is 137 Å². The van der Waals surface area contributed by atoms with E-state index >= 15 is 0 Å². The number of carbonyl (C=O) groups is 2. The van der Waals surface area contributed by atoms with Crippen LogP contribution >= 0.6 is 0 Å². The highest BCUT2D eigenvalue weighted by molar-refractivity contribution is 5.92. The maximum atomic E-state index is 12.6. The third-order valence-corrected chi connectivity index (χ3v) is 5.21. The Bertz CT molecular complexity index is 993. The van der Waals surface area contributed by atoms with E-state index in [4.69, 9.17) is 9.84 Å². The molecule has 2 atom stereocenters. The Morgan fingerprint density at radius 2 is 1.79 bits per heavy atom. The molecule has 1 aromatic heterocycles. The number of aromatic nitrogens is 3. The van der Waals surface area contributed by atoms with E-state index in [1.54, 1.807) is 0 Å². The Morgan fingerprint density at radius 3 is 2.42 bits per heavy atom. The molecular weight excluding hydrogens is 424 g/mol. The van der Waals surface area contributed by atoms with Crippen molar-refractivity contribution in [2.24, 2.45) is 5.92 Å². The van der Waals surface area contributed by atoms with Crippen molar-refractivity contribution >= 4 is 11.9 Å². The van der Waals surface area contributed by atoms with Gasteiger partial charge in [0.15, 0.2) is 5.69 Å². The largest absolute Gasteiger partial charge is 0.481 e. The number of rotatable bonds is 13. The molecule has 0 unspecified atom stereocenters. The number of amides is 1. The van der Waals surface area contributed by atoms with Gasteiger partial charge in [-0.1, -0.05) is 54.6 Å². The standard InChI is InChI=1S/C24H28N4O5/c29-11-4-12-33-16-20(24(31)32)14-21(26-23(30)22-15-25-28-27-22)13-17-7-9-19(10-8-17)18-5-2-1-3-6-18/h1-3,5-10,15,20-21,29H,4,11-14,16H2,(H,26,30)(H,31,32)(H,25,27,28)/t20-,21+/m0/s1. The van der Waals surface area contributed by atoms with Crippen LogP contribution in [0.2, 0.25) is 0 Å². The highest BCUT2D eigenvalue weighted by Crippen LogP contribution is 2.21. The summed E-state index contributed by atoms with van der Waals surface area (Å²) in [6.45, 7) is 0.253. The quantitative estimate of drug-likeness (QED) is 0.292. The van der Waals surface area contributed by atoms with Crippen molar-refractivity contribution in [3.05, 3.63) is 72.1 Å². The van der Waals surface area contributed by atoms with E-state index in [1.165, 1.54) is 6.20 Å². The van der Waals surface area contributed by atoms with Gasteiger partial charge >= 0.3 is 5.97 Å². The number of aliphatic carboxylic acids is 1. The number of aliphatic hydroxyl groups excluding tert-OH is 1. The summed E-state index contributed by atoms with van der Waals surface area (Å²) in [4.78, 5) is 24.4. The first-order valence-electron chi connectivity index (χ1n) is 10.8. The van der Waals surface area contributed by atoms with E-state index in [0.29, 0.717) is 12.8 Å². The van der Waals surface area contributed by atoms with E-state index < -0.39 is 23.8 Å². The third kappa shape index (κ3) is 7.51. The average molecular weight is 453 g/mol. The Hall–Kier alpha value is -3.56. The molecule has 0 aliphatic rings. The highest BCUT2D eigenvalue weighted by Gasteiger charge is 2.25. The second-order valence-corrected chi connectivity index (χ2v) is 7.72. The fourth-order valence-corrected chi connectivity index (χ4v) is 3.49. The first-order chi connectivity index (χ1) is 16.1. The van der Waals surface area contributed by atoms with Crippen LogP contribution in [0, 0.1) is 5.92 Å². The third-order valence-electron chi connectivity index (χ3n) is 5.21. The molecule has 174 valence electrons. The minimum absolute atomic E-state index is 0.00138. The van der Waals surface area contributed by atoms with Crippen molar-refractivity contribution in [3.63, 3.8) is 0 Å². The number of carbonyl (C=O) groups excluding carboxylic acids is 1. The molecule has 0 bridgehead atoms. The van der Waals surface area contributed by atoms with Crippen molar-refractivity contribution in [1.29, 1.82) is 0 Å². The number of H-pyrrole nitrogens is 1. The molecule has 0 radical (unpaired) electrons. The molecule has 9 nitrogen and oxygen atoms in total. The molecule has 3 rings (SSSR count). The number of nitrogens with one attached hydrogen (secondary N) is 2. The Balaban J connectivity index is 1.71. The van der Waals surface area contributed by atoms with Gasteiger partial charge in [0.05, 0.1) is 18.7 Å². The van der Waals surface area contributed by atoms with E-state index in [1.807, 2.05) is 54.6 Å². The summed E-state index contributed by atoms with van der Waals surface area (Å²) >= 11 is 0. The predicted molar refractivity (Wildman–Crippen MR) is 121 cm³/mol. The summed E-state index contributed by atoms with van der Waals surface area (Å²) in [6.07, 6.45) is 2.37. The second kappa shape index (κ2) is 12.5. The number of hydrogen-bond donors (Lipinski definition) is 4. The van der Waals surface area contributed by atoms with Crippen LogP contribution in [0.15, 0.2) is 60.8 Å². The maximum Gasteiger partial charge on any atom is 0.308 e. The fourth-order valence-electron chi connectivity index (χ4n) is 3.49. The lowest BCUT2D eigenvalue weighted by Gasteiger charge is -2.22. The van der Waals surface area contributed by atoms with Gasteiger partial charge in [-0.05, 0) is 36.0 Å². The van der Waals surface area contributed by atoms with Crippen molar-refractivity contribution in [3.8, 4) is 11.1 Å². The van der Waals surface area contributed by atoms with Gasteiger partial charge in [0, 0.05) is 19.3 Å². The van der Waals surface area contributed by atoms with E-state index in [0.717, 1.165) is 16.7 Å². The van der Waals surface area contributed by atoms with Crippen LogP contribution in [-0.2, 0) is 16.0 Å². The van der Waals surface area contributed by atoms with Gasteiger partial charge in [0.1, 0.15) is 0 Å². The second-order valence-electron chi connectivity index (χ2n) is 7.72. The number of aliphatic hydroxyl groups is 1. The number of nitrogens with zero attached hydrogens (tertiary/aromatic N) is 2. The summed E-state index contributed by atoms with van der Waals surface area (Å²) < 4.78 is 5.41. The van der Waals surface area contributed by atoms with Gasteiger partial charge < -0.3 is 20.3 Å². The normalized spacial score (nSPS) is 12.8. The summed E-state index contributed by atoms with van der Waals surface area (Å²) in [5, 5.41) is 31.3. The van der Waals surface area contributed by atoms with Crippen LogP contribution in [0.25, 0.3) is 11.1 Å². The lowest BCUT2D eigenvalue weighted by atomic mass is 9.94. The predicted octanol–water partition coefficient (Wildman–Crippen LogP) is 2.30. The molecule has 3 aromatic rings. The van der Waals surface area contributed by atoms with Crippen LogP contribution in [0.1, 0.15) is 28.9 Å². The fraction of sp³-hybridized carbons (Fsp3) is 0.333. The molecule has 4 N–H and O–H groups in total. The molecule has 1 heterocycles. The SMILES string of the molecule is O=C(N[C@H](Cc1ccc(-c2ccccc2)cc1)C[C@@H](COCCCO)C(=O)O)c1cn[nH]n1. The molecule has 1 amide bonds. The number of hydrogen-bond acceptors (Lipinski definition) is 6. The molecule has 0 aliphatic heterocycles. The Morgan fingerprint density at radius 1 is 1.06 bits per heavy atom. The number of carboxylic acid groups (broad SMARTS) is 1. The van der Waals surface area contributed by atoms with E-state index in [9.17, 15) is 14.7 Å². The molecule has 2 aromatic carbocycles. The molecule has 0 aliphatic carbocycles. The minimum atomic E-state index is -1.00. The number of carboxylic acids is 1. The lowest BCUT2D eigenvalue weighted by Crippen LogP contribution is -2.40. The van der Waals surface area contributed by atoms with Crippen LogP contribution in [-0.4, -0.2) is 63.4 Å². The number of ether oxygens (including phenoxy) is 1. The van der Waals surface area contributed by atoms with Crippen LogP contribution in [0.3, 0.4) is 0 Å². The summed E-state index contributed by atoms with van der Waals surface area (Å²) in [6, 6.07) is 17.5. The zero-order valence-corrected chi connectivity index (χ0v) is 18.2. The zero-order chi connectivity index (χ0) is 23.5. The zero-order valence-electron chi connectivity index (χ0n) is 18.2. The maximum absolute atomic E-state index is 12.6. The molecule has 0 fully saturated rings. The van der Waals surface area contributed by atoms with Crippen LogP contribution in [0.5, 0.6) is 0 Å². The molecular formula is C24H28N4O5. The highest BCUT2D eigenvalue weighted by atomic mass is 16.5. The first-order valence-corrected chi connectivity index (χ1v) is 10.8. The minimum Gasteiger partial charge on any atom is -0.481 e. The van der Waals surface area contributed by atoms with Crippen LogP contribution < -0.4 is 5.32 Å². The van der Waals surface area contributed by atoms with Crippen molar-refractivity contribution in [2.75, 3.05) is 19.8 Å². The molecule has 9 heteroatoms. The van der Waals surface area contributed by atoms with Gasteiger partial charge in [-0.25, -0.2) is 0 Å². The number of benzene rings is 2. The van der Waals surface area contributed by atoms with Crippen molar-refractivity contribution in [2.45, 2.75) is 25.3 Å². The average Bonchev–Trinajstić information content (AvgIpc) is 3.37. The van der Waals surface area contributed by atoms with Crippen molar-refractivity contribution in [1.82, 2.24) is 20.7 Å². The molecule has 0 spiro atoms. The smallest absolute Gasteiger partial charge is 0.308 e. The number of aromatic amines is 1. The summed E-state index contributed by atoms with van der Waals surface area (Å²) in [7, 11) is 0. The van der Waals surface area contributed by atoms with E-state index in [2.05, 4.69) is 20.7 Å². The van der Waals surface area contributed by atoms with Gasteiger partial charge in [-0.15, -0.1) is 0 Å². The Kier molecular flexibility index (Phi) is 9.10.